The highest BCUT2D eigenvalue weighted by Gasteiger charge is 2.55. The van der Waals surface area contributed by atoms with E-state index in [0.29, 0.717) is 44.7 Å². The lowest BCUT2D eigenvalue weighted by atomic mass is 9.78. The van der Waals surface area contributed by atoms with Crippen LogP contribution in [0.4, 0.5) is 5.69 Å². The number of sulfonamides is 1. The predicted molar refractivity (Wildman–Crippen MR) is 161 cm³/mol. The molecule has 1 saturated carbocycles. The van der Waals surface area contributed by atoms with Gasteiger partial charge < -0.3 is 15.3 Å². The van der Waals surface area contributed by atoms with Crippen LogP contribution in [0.25, 0.3) is 5.69 Å². The van der Waals surface area contributed by atoms with E-state index in [0.717, 1.165) is 61.0 Å². The Morgan fingerprint density at radius 1 is 1.10 bits per heavy atom. The smallest absolute Gasteiger partial charge is 0.248 e. The van der Waals surface area contributed by atoms with E-state index in [1.54, 1.807) is 17.0 Å². The van der Waals surface area contributed by atoms with Gasteiger partial charge in [0.1, 0.15) is 11.6 Å². The zero-order chi connectivity index (χ0) is 30.2. The van der Waals surface area contributed by atoms with Gasteiger partial charge >= 0.3 is 0 Å². The summed E-state index contributed by atoms with van der Waals surface area (Å²) in [5.74, 6) is -0.246. The normalized spacial score (nSPS) is 22.8. The maximum Gasteiger partial charge on any atom is 0.248 e. The van der Waals surface area contributed by atoms with Crippen molar-refractivity contribution in [2.24, 2.45) is 5.92 Å². The number of aliphatic hydroxyl groups is 1. The van der Waals surface area contributed by atoms with Gasteiger partial charge in [0.2, 0.25) is 21.8 Å². The fourth-order valence-electron chi connectivity index (χ4n) is 7.12. The molecule has 1 aromatic carbocycles. The number of piperidine rings is 1. The van der Waals surface area contributed by atoms with Crippen LogP contribution in [-0.2, 0) is 26.2 Å². The lowest BCUT2D eigenvalue weighted by Crippen LogP contribution is -2.74. The first-order valence-corrected chi connectivity index (χ1v) is 17.0. The molecule has 2 saturated heterocycles. The van der Waals surface area contributed by atoms with Crippen molar-refractivity contribution in [3.63, 3.8) is 0 Å². The monoisotopic (exact) mass is 600 g/mol. The van der Waals surface area contributed by atoms with Crippen molar-refractivity contribution in [2.75, 3.05) is 30.6 Å². The third-order valence-corrected chi connectivity index (χ3v) is 10.1. The number of rotatable bonds is 8. The molecular weight excluding hydrogens is 556 g/mol. The number of hydrogen-bond acceptors (Lipinski definition) is 7. The molecule has 230 valence electrons. The number of benzene rings is 1. The molecule has 2 amide bonds. The predicted octanol–water partition coefficient (Wildman–Crippen LogP) is 2.48. The summed E-state index contributed by atoms with van der Waals surface area (Å²) in [6.07, 6.45) is 6.41. The first kappa shape index (κ1) is 30.5. The summed E-state index contributed by atoms with van der Waals surface area (Å²) in [4.78, 5) is 31.3. The molecule has 3 heterocycles. The molecule has 3 fully saturated rings. The number of likely N-dealkylation sites (N-methyl/N-ethyl adjacent to an activating group) is 1. The molecule has 1 spiro atoms. The highest BCUT2D eigenvalue weighted by atomic mass is 32.2. The maximum atomic E-state index is 13.6. The average Bonchev–Trinajstić information content (AvgIpc) is 3.24. The van der Waals surface area contributed by atoms with Crippen LogP contribution in [0.5, 0.6) is 0 Å². The summed E-state index contributed by atoms with van der Waals surface area (Å²) in [7, 11) is -3.35. The quantitative estimate of drug-likeness (QED) is 0.424. The molecule has 12 heteroatoms. The van der Waals surface area contributed by atoms with E-state index in [4.69, 9.17) is 5.10 Å². The number of carbonyl (C=O) groups excluding carboxylic acids is 2. The largest absolute Gasteiger partial charge is 0.390 e. The number of hydrogen-bond donors (Lipinski definition) is 3. The van der Waals surface area contributed by atoms with E-state index in [9.17, 15) is 23.1 Å². The second-order valence-electron chi connectivity index (χ2n) is 12.2. The third-order valence-electron chi connectivity index (χ3n) is 9.47. The summed E-state index contributed by atoms with van der Waals surface area (Å²) < 4.78 is 27.4. The van der Waals surface area contributed by atoms with Crippen LogP contribution < -0.4 is 10.0 Å². The Balaban J connectivity index is 1.26. The topological polar surface area (TPSA) is 137 Å². The average molecular weight is 601 g/mol. The van der Waals surface area contributed by atoms with Gasteiger partial charge in [-0.05, 0) is 76.6 Å². The molecule has 11 nitrogen and oxygen atoms in total. The Hall–Kier alpha value is -2.96. The number of aryl methyl sites for hydroxylation is 1. The molecule has 3 aliphatic rings. The van der Waals surface area contributed by atoms with Gasteiger partial charge in [-0.15, -0.1) is 0 Å². The number of aliphatic hydroxyl groups excluding tert-OH is 1. The van der Waals surface area contributed by atoms with E-state index < -0.39 is 27.7 Å². The Kier molecular flexibility index (Phi) is 8.69. The first-order chi connectivity index (χ1) is 19.9. The number of anilines is 1. The van der Waals surface area contributed by atoms with E-state index in [1.165, 1.54) is 0 Å². The lowest BCUT2D eigenvalue weighted by molar-refractivity contribution is -0.165. The van der Waals surface area contributed by atoms with Gasteiger partial charge in [-0.2, -0.15) is 5.10 Å². The van der Waals surface area contributed by atoms with E-state index in [1.807, 2.05) is 37.6 Å². The molecule has 5 rings (SSSR count). The molecule has 1 aliphatic carbocycles. The minimum absolute atomic E-state index is 0.0529. The Bertz CT molecular complexity index is 1410. The highest BCUT2D eigenvalue weighted by Crippen LogP contribution is 2.36. The molecular formula is C30H44N6O5S. The second-order valence-corrected chi connectivity index (χ2v) is 14.0. The van der Waals surface area contributed by atoms with Crippen LogP contribution in [0.1, 0.15) is 68.8 Å². The van der Waals surface area contributed by atoms with Gasteiger partial charge in [-0.3, -0.25) is 19.2 Å². The molecule has 0 bridgehead atoms. The van der Waals surface area contributed by atoms with Crippen LogP contribution in [0.3, 0.4) is 0 Å². The van der Waals surface area contributed by atoms with Crippen molar-refractivity contribution in [1.82, 2.24) is 24.9 Å². The summed E-state index contributed by atoms with van der Waals surface area (Å²) in [5, 5.41) is 18.8. The molecule has 3 N–H and O–H groups in total. The highest BCUT2D eigenvalue weighted by molar-refractivity contribution is 7.92. The lowest BCUT2D eigenvalue weighted by Gasteiger charge is -2.52. The minimum Gasteiger partial charge on any atom is -0.390 e. The molecule has 2 atom stereocenters. The van der Waals surface area contributed by atoms with Crippen LogP contribution in [0, 0.1) is 19.8 Å². The fraction of sp³-hybridized carbons (Fsp3) is 0.633. The van der Waals surface area contributed by atoms with Crippen LogP contribution in [0.15, 0.2) is 24.3 Å². The van der Waals surface area contributed by atoms with Crippen molar-refractivity contribution < 1.29 is 23.1 Å². The molecule has 2 aromatic rings. The van der Waals surface area contributed by atoms with Crippen molar-refractivity contribution >= 4 is 27.5 Å². The zero-order valence-electron chi connectivity index (χ0n) is 25.1. The molecule has 0 radical (unpaired) electrons. The number of carbonyl (C=O) groups is 2. The van der Waals surface area contributed by atoms with Gasteiger partial charge in [0.25, 0.3) is 0 Å². The second kappa shape index (κ2) is 12.0. The fourth-order valence-corrected chi connectivity index (χ4v) is 7.68. The Morgan fingerprint density at radius 2 is 1.74 bits per heavy atom. The Labute approximate surface area is 248 Å². The van der Waals surface area contributed by atoms with Crippen LogP contribution >= 0.6 is 0 Å². The summed E-state index contributed by atoms with van der Waals surface area (Å²) in [6, 6.07) is 6.23. The first-order valence-electron chi connectivity index (χ1n) is 15.1. The van der Waals surface area contributed by atoms with E-state index >= 15 is 0 Å². The number of nitrogens with one attached hydrogen (secondary N) is 2. The van der Waals surface area contributed by atoms with Crippen molar-refractivity contribution in [3.8, 4) is 5.69 Å². The number of nitrogens with zero attached hydrogens (tertiary/aromatic N) is 4. The molecule has 1 aromatic heterocycles. The standard InChI is InChI=1S/C30H44N6O5S/c1-5-35-28(38)26(27(37)22-9-7-6-8-10-22)31-29(39)30(35)15-17-34(18-16-30)19-25-20(2)32-36(21(25)3)24-13-11-23(12-14-24)33-42(4,40)41/h11-14,22,26-27,33,37H,5-10,15-19H2,1-4H3,(H,31,39)/t26-,27-/m1/s1. The third kappa shape index (κ3) is 5.93. The SMILES string of the molecule is CCN1C(=O)[C@@H]([C@H](O)C2CCCCC2)NC(=O)C12CCN(Cc1c(C)nn(-c3ccc(NS(C)(=O)=O)cc3)c1C)CC2. The molecule has 0 unspecified atom stereocenters. The van der Waals surface area contributed by atoms with Crippen LogP contribution in [0.2, 0.25) is 0 Å². The minimum atomic E-state index is -3.35. The molecule has 42 heavy (non-hydrogen) atoms. The number of aromatic nitrogens is 2. The Morgan fingerprint density at radius 3 is 2.33 bits per heavy atom. The van der Waals surface area contributed by atoms with Gasteiger partial charge in [0, 0.05) is 43.1 Å². The van der Waals surface area contributed by atoms with Crippen LogP contribution in [-0.4, -0.2) is 88.5 Å². The van der Waals surface area contributed by atoms with Gasteiger partial charge in [-0.1, -0.05) is 19.3 Å². The number of amides is 2. The number of piperazine rings is 1. The van der Waals surface area contributed by atoms with Gasteiger partial charge in [0.15, 0.2) is 0 Å². The van der Waals surface area contributed by atoms with Crippen molar-refractivity contribution in [2.45, 2.75) is 89.9 Å². The molecule has 2 aliphatic heterocycles. The van der Waals surface area contributed by atoms with Gasteiger partial charge in [-0.25, -0.2) is 13.1 Å². The van der Waals surface area contributed by atoms with Crippen molar-refractivity contribution in [1.29, 1.82) is 0 Å². The summed E-state index contributed by atoms with van der Waals surface area (Å²) in [6.45, 7) is 8.34. The van der Waals surface area contributed by atoms with Crippen molar-refractivity contribution in [3.05, 3.63) is 41.2 Å². The zero-order valence-corrected chi connectivity index (χ0v) is 25.9. The number of likely N-dealkylation sites (tertiary alicyclic amines) is 1. The maximum absolute atomic E-state index is 13.6. The van der Waals surface area contributed by atoms with E-state index in [2.05, 4.69) is 14.9 Å². The van der Waals surface area contributed by atoms with Gasteiger partial charge in [0.05, 0.1) is 23.7 Å². The van der Waals surface area contributed by atoms with E-state index in [-0.39, 0.29) is 17.7 Å². The summed E-state index contributed by atoms with van der Waals surface area (Å²) in [5.41, 5.74) is 3.45. The summed E-state index contributed by atoms with van der Waals surface area (Å²) >= 11 is 0.